The quantitative estimate of drug-likeness (QED) is 0.364. The Morgan fingerprint density at radius 2 is 1.48 bits per heavy atom. The van der Waals surface area contributed by atoms with E-state index >= 15 is 0 Å². The maximum Gasteiger partial charge on any atom is 0.348 e. The lowest BCUT2D eigenvalue weighted by atomic mass is 10.1. The summed E-state index contributed by atoms with van der Waals surface area (Å²) in [4.78, 5) is 29.8. The third-order valence-electron chi connectivity index (χ3n) is 5.59. The lowest BCUT2D eigenvalue weighted by Gasteiger charge is -2.17. The van der Waals surface area contributed by atoms with Gasteiger partial charge in [-0.3, -0.25) is 0 Å². The molecule has 1 heterocycles. The number of aryl methyl sites for hydroxylation is 1. The zero-order valence-corrected chi connectivity index (χ0v) is 18.8. The molecule has 7 nitrogen and oxygen atoms in total. The van der Waals surface area contributed by atoms with Gasteiger partial charge in [-0.05, 0) is 49.6 Å². The number of urea groups is 1. The van der Waals surface area contributed by atoms with Gasteiger partial charge in [0.2, 0.25) is 0 Å². The van der Waals surface area contributed by atoms with Crippen LogP contribution in [-0.2, 0) is 0 Å². The first-order valence-corrected chi connectivity index (χ1v) is 10.8. The summed E-state index contributed by atoms with van der Waals surface area (Å²) in [5.41, 5.74) is 3.15. The van der Waals surface area contributed by atoms with Gasteiger partial charge in [-0.2, -0.15) is 4.98 Å². The number of anilines is 2. The van der Waals surface area contributed by atoms with Crippen LogP contribution in [0.3, 0.4) is 0 Å². The van der Waals surface area contributed by atoms with Crippen LogP contribution in [0.25, 0.3) is 10.9 Å². The Hall–Kier alpha value is -4.13. The Morgan fingerprint density at radius 3 is 2.12 bits per heavy atom. The number of amides is 2. The molecule has 0 saturated heterocycles. The van der Waals surface area contributed by atoms with Gasteiger partial charge in [0.15, 0.2) is 0 Å². The molecule has 33 heavy (non-hydrogen) atoms. The zero-order valence-electron chi connectivity index (χ0n) is 18.8. The first-order valence-electron chi connectivity index (χ1n) is 10.8. The van der Waals surface area contributed by atoms with Gasteiger partial charge in [-0.1, -0.05) is 60.7 Å². The van der Waals surface area contributed by atoms with Crippen LogP contribution in [-0.4, -0.2) is 11.0 Å². The molecule has 0 bridgehead atoms. The number of carbonyl (C=O) groups is 1. The van der Waals surface area contributed by atoms with Crippen LogP contribution in [0.2, 0.25) is 0 Å². The largest absolute Gasteiger partial charge is 0.389 e. The first kappa shape index (κ1) is 22.1. The molecule has 2 amide bonds. The molecule has 0 aliphatic heterocycles. The Morgan fingerprint density at radius 1 is 0.879 bits per heavy atom. The first-order chi connectivity index (χ1) is 15.9. The molecule has 2 atom stereocenters. The van der Waals surface area contributed by atoms with Crippen LogP contribution in [0.5, 0.6) is 0 Å². The van der Waals surface area contributed by atoms with E-state index in [-0.39, 0.29) is 24.1 Å². The molecule has 7 heteroatoms. The maximum absolute atomic E-state index is 12.8. The molecule has 0 radical (unpaired) electrons. The average molecular weight is 443 g/mol. The molecular formula is C26H26N4O3. The van der Waals surface area contributed by atoms with Crippen molar-refractivity contribution in [1.29, 1.82) is 0 Å². The lowest BCUT2D eigenvalue weighted by molar-refractivity contribution is 0.249. The number of hydrogen-bond donors (Lipinski definition) is 3. The van der Waals surface area contributed by atoms with Crippen LogP contribution in [0.4, 0.5) is 16.5 Å². The fourth-order valence-electron chi connectivity index (χ4n) is 3.71. The van der Waals surface area contributed by atoms with E-state index in [1.54, 1.807) is 19.1 Å². The van der Waals surface area contributed by atoms with Crippen molar-refractivity contribution in [1.82, 2.24) is 10.3 Å². The minimum absolute atomic E-state index is 0.0864. The van der Waals surface area contributed by atoms with Crippen molar-refractivity contribution in [3.8, 4) is 0 Å². The van der Waals surface area contributed by atoms with E-state index in [0.717, 1.165) is 11.1 Å². The monoisotopic (exact) mass is 442 g/mol. The molecule has 3 aromatic carbocycles. The van der Waals surface area contributed by atoms with Crippen molar-refractivity contribution in [2.75, 3.05) is 10.6 Å². The van der Waals surface area contributed by atoms with Gasteiger partial charge in [0.05, 0.1) is 23.0 Å². The number of carbonyl (C=O) groups excluding carboxylic acids is 1. The summed E-state index contributed by atoms with van der Waals surface area (Å²) < 4.78 is 5.44. The SMILES string of the molecule is Cc1c(NC(=O)N[C@H](C)c2ccccc2)ccc2nc(N[C@H](C)c3ccccc3)oc(=O)c12. The van der Waals surface area contributed by atoms with Crippen LogP contribution >= 0.6 is 0 Å². The highest BCUT2D eigenvalue weighted by Gasteiger charge is 2.16. The third kappa shape index (κ3) is 5.03. The number of nitrogens with zero attached hydrogens (tertiary/aromatic N) is 1. The molecule has 0 unspecified atom stereocenters. The third-order valence-corrected chi connectivity index (χ3v) is 5.59. The van der Waals surface area contributed by atoms with E-state index in [9.17, 15) is 9.59 Å². The highest BCUT2D eigenvalue weighted by Crippen LogP contribution is 2.24. The Bertz CT molecular complexity index is 1320. The van der Waals surface area contributed by atoms with Gasteiger partial charge < -0.3 is 20.4 Å². The van der Waals surface area contributed by atoms with Crippen LogP contribution in [0, 0.1) is 6.92 Å². The predicted octanol–water partition coefficient (Wildman–Crippen LogP) is 5.55. The van der Waals surface area contributed by atoms with Gasteiger partial charge in [0.1, 0.15) is 0 Å². The summed E-state index contributed by atoms with van der Waals surface area (Å²) in [7, 11) is 0. The second-order valence-corrected chi connectivity index (χ2v) is 7.95. The minimum Gasteiger partial charge on any atom is -0.389 e. The van der Waals surface area contributed by atoms with Gasteiger partial charge >= 0.3 is 11.7 Å². The molecule has 3 N–H and O–H groups in total. The average Bonchev–Trinajstić information content (AvgIpc) is 2.81. The van der Waals surface area contributed by atoms with Crippen LogP contribution in [0.15, 0.2) is 82.0 Å². The highest BCUT2D eigenvalue weighted by atomic mass is 16.4. The molecule has 4 rings (SSSR count). The summed E-state index contributed by atoms with van der Waals surface area (Å²) in [6.07, 6.45) is 0. The van der Waals surface area contributed by atoms with Crippen LogP contribution in [0.1, 0.15) is 42.6 Å². The summed E-state index contributed by atoms with van der Waals surface area (Å²) in [5.74, 6) is 0. The molecule has 0 aliphatic carbocycles. The van der Waals surface area contributed by atoms with Crippen molar-refractivity contribution in [2.45, 2.75) is 32.9 Å². The van der Waals surface area contributed by atoms with Gasteiger partial charge in [0, 0.05) is 5.69 Å². The number of benzene rings is 3. The molecule has 0 fully saturated rings. The van der Waals surface area contributed by atoms with E-state index in [2.05, 4.69) is 20.9 Å². The molecule has 4 aromatic rings. The van der Waals surface area contributed by atoms with Crippen molar-refractivity contribution in [3.63, 3.8) is 0 Å². The zero-order chi connectivity index (χ0) is 23.4. The summed E-state index contributed by atoms with van der Waals surface area (Å²) >= 11 is 0. The number of aromatic nitrogens is 1. The van der Waals surface area contributed by atoms with E-state index in [0.29, 0.717) is 22.2 Å². The second-order valence-electron chi connectivity index (χ2n) is 7.95. The maximum atomic E-state index is 12.8. The van der Waals surface area contributed by atoms with E-state index < -0.39 is 5.63 Å². The number of nitrogens with one attached hydrogen (secondary N) is 3. The minimum atomic E-state index is -0.512. The standard InChI is InChI=1S/C26H26N4O3/c1-16-21(29-25(32)27-17(2)19-10-6-4-7-11-19)14-15-22-23(16)24(31)33-26(30-22)28-18(3)20-12-8-5-9-13-20/h4-15,17-18H,1-3H3,(H,28,30)(H2,27,29,32)/t17-,18-/m1/s1. The summed E-state index contributed by atoms with van der Waals surface area (Å²) in [6, 6.07) is 22.5. The number of fused-ring (bicyclic) bond motifs is 1. The Labute approximate surface area is 191 Å². The topological polar surface area (TPSA) is 96.3 Å². The number of hydrogen-bond acceptors (Lipinski definition) is 5. The molecule has 168 valence electrons. The van der Waals surface area contributed by atoms with Crippen molar-refractivity contribution >= 4 is 28.6 Å². The molecule has 0 saturated carbocycles. The number of rotatable bonds is 6. The van der Waals surface area contributed by atoms with Gasteiger partial charge in [0.25, 0.3) is 6.01 Å². The van der Waals surface area contributed by atoms with Crippen molar-refractivity contribution in [3.05, 3.63) is 99.9 Å². The van der Waals surface area contributed by atoms with Gasteiger partial charge in [-0.15, -0.1) is 0 Å². The molecular weight excluding hydrogens is 416 g/mol. The van der Waals surface area contributed by atoms with E-state index in [4.69, 9.17) is 4.42 Å². The molecule has 0 spiro atoms. The Balaban J connectivity index is 1.52. The summed E-state index contributed by atoms with van der Waals surface area (Å²) in [6.45, 7) is 5.64. The van der Waals surface area contributed by atoms with Crippen molar-refractivity contribution in [2.24, 2.45) is 0 Å². The van der Waals surface area contributed by atoms with E-state index in [1.165, 1.54) is 0 Å². The Kier molecular flexibility index (Phi) is 6.40. The fourth-order valence-corrected chi connectivity index (χ4v) is 3.71. The lowest BCUT2D eigenvalue weighted by Crippen LogP contribution is -2.31. The summed E-state index contributed by atoms with van der Waals surface area (Å²) in [5, 5.41) is 9.20. The van der Waals surface area contributed by atoms with Crippen LogP contribution < -0.4 is 21.6 Å². The van der Waals surface area contributed by atoms with Gasteiger partial charge in [-0.25, -0.2) is 9.59 Å². The predicted molar refractivity (Wildman–Crippen MR) is 131 cm³/mol. The fraction of sp³-hybridized carbons (Fsp3) is 0.192. The molecule has 0 aliphatic rings. The van der Waals surface area contributed by atoms with E-state index in [1.807, 2.05) is 74.5 Å². The van der Waals surface area contributed by atoms with Crippen molar-refractivity contribution < 1.29 is 9.21 Å². The normalized spacial score (nSPS) is 12.7. The highest BCUT2D eigenvalue weighted by molar-refractivity contribution is 5.95. The molecule has 1 aromatic heterocycles. The second kappa shape index (κ2) is 9.56. The smallest absolute Gasteiger partial charge is 0.348 e.